The zero-order valence-electron chi connectivity index (χ0n) is 21.5. The summed E-state index contributed by atoms with van der Waals surface area (Å²) in [6.07, 6.45) is 0.906. The summed E-state index contributed by atoms with van der Waals surface area (Å²) in [5, 5.41) is 18.3. The maximum Gasteiger partial charge on any atom is 0.409 e. The maximum absolute atomic E-state index is 12.9. The zero-order valence-corrected chi connectivity index (χ0v) is 22.3. The van der Waals surface area contributed by atoms with Gasteiger partial charge in [0.1, 0.15) is 5.69 Å². The van der Waals surface area contributed by atoms with Crippen molar-refractivity contribution >= 4 is 46.4 Å². The van der Waals surface area contributed by atoms with Crippen LogP contribution in [0.4, 0.5) is 21.9 Å². The Morgan fingerprint density at radius 1 is 1.13 bits per heavy atom. The van der Waals surface area contributed by atoms with Crippen molar-refractivity contribution in [2.24, 2.45) is 0 Å². The van der Waals surface area contributed by atoms with Crippen LogP contribution in [-0.4, -0.2) is 55.0 Å². The Morgan fingerprint density at radius 3 is 2.64 bits per heavy atom. The van der Waals surface area contributed by atoms with Gasteiger partial charge in [-0.1, -0.05) is 35.0 Å². The standard InChI is InChI=1S/C27H29ClN4O7/c1-32(2)22-13-21(30-27(35)36)20(12-19(22)28)29-25(34)14-23(33)16-6-5-7-17(10-16)24-11-18(31-39-24)15-38-26-8-3-4-9-37-26/h5-7,10-13,26,30H,3-4,8-9,14-15H2,1-2H3,(H,29,34)(H,35,36). The number of Topliss-reactive ketones (excluding diaryl/α,β-unsaturated/α-hetero) is 1. The van der Waals surface area contributed by atoms with Gasteiger partial charge >= 0.3 is 6.09 Å². The third kappa shape index (κ3) is 7.56. The van der Waals surface area contributed by atoms with Crippen molar-refractivity contribution in [3.05, 3.63) is 58.7 Å². The second kappa shape index (κ2) is 12.7. The van der Waals surface area contributed by atoms with E-state index in [1.54, 1.807) is 49.3 Å². The highest BCUT2D eigenvalue weighted by atomic mass is 35.5. The average Bonchev–Trinajstić information content (AvgIpc) is 3.38. The molecule has 2 aromatic carbocycles. The van der Waals surface area contributed by atoms with Gasteiger partial charge in [-0.2, -0.15) is 0 Å². The molecule has 1 aromatic heterocycles. The molecule has 1 aliphatic heterocycles. The number of nitrogens with zero attached hydrogens (tertiary/aromatic N) is 2. The molecule has 4 rings (SSSR count). The molecule has 3 aromatic rings. The van der Waals surface area contributed by atoms with Gasteiger partial charge in [-0.05, 0) is 37.5 Å². The normalized spacial score (nSPS) is 15.0. The molecule has 0 bridgehead atoms. The van der Waals surface area contributed by atoms with Gasteiger partial charge in [-0.15, -0.1) is 0 Å². The first-order valence-corrected chi connectivity index (χ1v) is 12.7. The molecule has 1 fully saturated rings. The number of halogens is 1. The minimum atomic E-state index is -1.31. The lowest BCUT2D eigenvalue weighted by Gasteiger charge is -2.21. The molecule has 0 aliphatic carbocycles. The van der Waals surface area contributed by atoms with Crippen LogP contribution in [0.1, 0.15) is 41.7 Å². The Labute approximate surface area is 230 Å². The zero-order chi connectivity index (χ0) is 27.9. The van der Waals surface area contributed by atoms with Crippen molar-refractivity contribution in [1.82, 2.24) is 5.16 Å². The van der Waals surface area contributed by atoms with E-state index in [0.29, 0.717) is 39.9 Å². The molecule has 1 unspecified atom stereocenters. The van der Waals surface area contributed by atoms with E-state index in [2.05, 4.69) is 15.8 Å². The number of amides is 2. The number of carbonyl (C=O) groups is 3. The number of rotatable bonds is 10. The van der Waals surface area contributed by atoms with E-state index >= 15 is 0 Å². The predicted octanol–water partition coefficient (Wildman–Crippen LogP) is 5.41. The van der Waals surface area contributed by atoms with Crippen molar-refractivity contribution < 1.29 is 33.5 Å². The highest BCUT2D eigenvalue weighted by molar-refractivity contribution is 6.34. The van der Waals surface area contributed by atoms with Gasteiger partial charge in [0.25, 0.3) is 0 Å². The van der Waals surface area contributed by atoms with Crippen LogP contribution in [0.3, 0.4) is 0 Å². The molecule has 3 N–H and O–H groups in total. The van der Waals surface area contributed by atoms with Crippen molar-refractivity contribution in [1.29, 1.82) is 0 Å². The fourth-order valence-corrected chi connectivity index (χ4v) is 4.38. The van der Waals surface area contributed by atoms with Crippen molar-refractivity contribution in [3.63, 3.8) is 0 Å². The van der Waals surface area contributed by atoms with E-state index in [9.17, 15) is 19.5 Å². The lowest BCUT2D eigenvalue weighted by Crippen LogP contribution is -2.22. The Balaban J connectivity index is 1.41. The van der Waals surface area contributed by atoms with Crippen molar-refractivity contribution in [2.45, 2.75) is 38.6 Å². The Hall–Kier alpha value is -3.93. The predicted molar refractivity (Wildman–Crippen MR) is 145 cm³/mol. The molecular formula is C27H29ClN4O7. The number of hydrogen-bond acceptors (Lipinski definition) is 8. The number of aromatic nitrogens is 1. The van der Waals surface area contributed by atoms with E-state index < -0.39 is 24.2 Å². The van der Waals surface area contributed by atoms with Crippen LogP contribution in [0.15, 0.2) is 47.0 Å². The summed E-state index contributed by atoms with van der Waals surface area (Å²) >= 11 is 6.29. The number of carbonyl (C=O) groups excluding carboxylic acids is 2. The molecule has 1 aliphatic rings. The molecule has 0 saturated carbocycles. The van der Waals surface area contributed by atoms with E-state index in [4.69, 9.17) is 25.6 Å². The van der Waals surface area contributed by atoms with E-state index in [1.807, 2.05) is 0 Å². The van der Waals surface area contributed by atoms with Crippen LogP contribution in [-0.2, 0) is 20.9 Å². The largest absolute Gasteiger partial charge is 0.465 e. The summed E-state index contributed by atoms with van der Waals surface area (Å²) in [7, 11) is 3.49. The third-order valence-corrected chi connectivity index (χ3v) is 6.29. The molecule has 0 spiro atoms. The summed E-state index contributed by atoms with van der Waals surface area (Å²) in [5.41, 5.74) is 2.33. The summed E-state index contributed by atoms with van der Waals surface area (Å²) in [4.78, 5) is 38.6. The maximum atomic E-state index is 12.9. The van der Waals surface area contributed by atoms with Gasteiger partial charge in [0.2, 0.25) is 5.91 Å². The lowest BCUT2D eigenvalue weighted by atomic mass is 10.0. The minimum absolute atomic E-state index is 0.124. The Bertz CT molecular complexity index is 1350. The number of nitrogens with one attached hydrogen (secondary N) is 2. The van der Waals surface area contributed by atoms with Crippen LogP contribution in [0.2, 0.25) is 5.02 Å². The van der Waals surface area contributed by atoms with E-state index in [-0.39, 0.29) is 24.3 Å². The number of ketones is 1. The summed E-state index contributed by atoms with van der Waals surface area (Å²) in [6.45, 7) is 0.926. The molecule has 1 saturated heterocycles. The molecule has 2 amide bonds. The first-order chi connectivity index (χ1) is 18.7. The van der Waals surface area contributed by atoms with E-state index in [0.717, 1.165) is 19.3 Å². The molecule has 0 radical (unpaired) electrons. The first-order valence-electron chi connectivity index (χ1n) is 12.3. The monoisotopic (exact) mass is 556 g/mol. The van der Waals surface area contributed by atoms with Crippen molar-refractivity contribution in [3.8, 4) is 11.3 Å². The van der Waals surface area contributed by atoms with Gasteiger partial charge in [0, 0.05) is 37.9 Å². The third-order valence-electron chi connectivity index (χ3n) is 5.99. The fourth-order valence-electron chi connectivity index (χ4n) is 4.05. The van der Waals surface area contributed by atoms with Gasteiger partial charge in [0.15, 0.2) is 17.8 Å². The highest BCUT2D eigenvalue weighted by Crippen LogP contribution is 2.34. The summed E-state index contributed by atoms with van der Waals surface area (Å²) in [6, 6.07) is 11.3. The lowest BCUT2D eigenvalue weighted by molar-refractivity contribution is -0.169. The second-order valence-corrected chi connectivity index (χ2v) is 9.60. The number of anilines is 3. The molecule has 2 heterocycles. The number of carboxylic acid groups (broad SMARTS) is 1. The van der Waals surface area contributed by atoms with Crippen LogP contribution >= 0.6 is 11.6 Å². The number of ether oxygens (including phenoxy) is 2. The number of benzene rings is 2. The molecular weight excluding hydrogens is 528 g/mol. The van der Waals surface area contributed by atoms with Crippen LogP contribution in [0.25, 0.3) is 11.3 Å². The van der Waals surface area contributed by atoms with Gasteiger partial charge in [0.05, 0.1) is 35.1 Å². The van der Waals surface area contributed by atoms with E-state index in [1.165, 1.54) is 12.1 Å². The van der Waals surface area contributed by atoms with Crippen molar-refractivity contribution in [2.75, 3.05) is 36.2 Å². The molecule has 11 nitrogen and oxygen atoms in total. The number of hydrogen-bond donors (Lipinski definition) is 3. The summed E-state index contributed by atoms with van der Waals surface area (Å²) < 4.78 is 16.7. The minimum Gasteiger partial charge on any atom is -0.465 e. The molecule has 39 heavy (non-hydrogen) atoms. The highest BCUT2D eigenvalue weighted by Gasteiger charge is 2.19. The fraction of sp³-hybridized carbons (Fsp3) is 0.333. The van der Waals surface area contributed by atoms with Crippen LogP contribution in [0.5, 0.6) is 0 Å². The summed E-state index contributed by atoms with van der Waals surface area (Å²) in [5.74, 6) is -0.607. The average molecular weight is 557 g/mol. The van der Waals surface area contributed by atoms with Gasteiger partial charge < -0.3 is 29.3 Å². The quantitative estimate of drug-likeness (QED) is 0.221. The smallest absolute Gasteiger partial charge is 0.409 e. The Morgan fingerprint density at radius 2 is 1.92 bits per heavy atom. The van der Waals surface area contributed by atoms with Gasteiger partial charge in [-0.3, -0.25) is 14.9 Å². The second-order valence-electron chi connectivity index (χ2n) is 9.19. The Kier molecular flexibility index (Phi) is 9.18. The van der Waals surface area contributed by atoms with Crippen LogP contribution in [0, 0.1) is 0 Å². The molecule has 1 atom stereocenters. The SMILES string of the molecule is CN(C)c1cc(NC(=O)O)c(NC(=O)CC(=O)c2cccc(-c3cc(COC4CCCCO4)no3)c2)cc1Cl. The molecule has 12 heteroatoms. The van der Waals surface area contributed by atoms with Gasteiger partial charge in [-0.25, -0.2) is 4.79 Å². The van der Waals surface area contributed by atoms with Crippen LogP contribution < -0.4 is 15.5 Å². The molecule has 206 valence electrons. The first kappa shape index (κ1) is 28.1. The topological polar surface area (TPSA) is 143 Å².